The average Bonchev–Trinajstić information content (AvgIpc) is 3.35. The maximum atomic E-state index is 9.51. The summed E-state index contributed by atoms with van der Waals surface area (Å²) in [5, 5.41) is 19.4. The summed E-state index contributed by atoms with van der Waals surface area (Å²) in [4.78, 5) is 11.3. The first-order valence-electron chi connectivity index (χ1n) is 12.5. The van der Waals surface area contributed by atoms with Crippen LogP contribution in [-0.4, -0.2) is 52.5 Å². The van der Waals surface area contributed by atoms with Crippen molar-refractivity contribution in [1.82, 2.24) is 19.4 Å². The first-order valence-corrected chi connectivity index (χ1v) is 12.9. The van der Waals surface area contributed by atoms with E-state index in [0.29, 0.717) is 32.6 Å². The van der Waals surface area contributed by atoms with E-state index in [9.17, 15) is 5.26 Å². The second-order valence-corrected chi connectivity index (χ2v) is 9.78. The number of benzene rings is 3. The van der Waals surface area contributed by atoms with Crippen molar-refractivity contribution < 1.29 is 4.74 Å². The van der Waals surface area contributed by atoms with E-state index in [1.807, 2.05) is 60.7 Å². The highest BCUT2D eigenvalue weighted by Gasteiger charge is 2.56. The third-order valence-electron chi connectivity index (χ3n) is 7.02. The Morgan fingerprint density at radius 3 is 2.66 bits per heavy atom. The summed E-state index contributed by atoms with van der Waals surface area (Å²) in [5.74, 6) is 1.78. The SMILES string of the molecule is CCC[N+]1(c2ccc(N=C3C(c4ccccc4Cl)=Nn4nc(-c5cccc(OC)c5)nc43)cc2)CC1C#N. The van der Waals surface area contributed by atoms with Crippen LogP contribution in [0.5, 0.6) is 5.75 Å². The van der Waals surface area contributed by atoms with Crippen molar-refractivity contribution in [2.24, 2.45) is 10.1 Å². The fourth-order valence-electron chi connectivity index (χ4n) is 5.02. The van der Waals surface area contributed by atoms with E-state index < -0.39 is 0 Å². The number of hydrogen-bond donors (Lipinski definition) is 0. The molecular weight excluding hydrogens is 498 g/mol. The zero-order chi connectivity index (χ0) is 26.3. The number of halogens is 1. The van der Waals surface area contributed by atoms with Crippen LogP contribution < -0.4 is 9.22 Å². The molecular formula is C29H25ClN7O+. The first-order chi connectivity index (χ1) is 18.6. The fraction of sp³-hybridized carbons (Fsp3) is 0.207. The number of methoxy groups -OCH3 is 1. The lowest BCUT2D eigenvalue weighted by molar-refractivity contribution is 0.415. The molecule has 2 aliphatic rings. The molecule has 188 valence electrons. The van der Waals surface area contributed by atoms with Gasteiger partial charge in [-0.25, -0.2) is 9.98 Å². The van der Waals surface area contributed by atoms with E-state index in [1.54, 1.807) is 7.11 Å². The second-order valence-electron chi connectivity index (χ2n) is 9.37. The number of hydrogen-bond acceptors (Lipinski definition) is 6. The Hall–Kier alpha value is -4.32. The Balaban J connectivity index is 1.41. The molecule has 2 unspecified atom stereocenters. The number of aliphatic imine (C=N–C) groups is 1. The summed E-state index contributed by atoms with van der Waals surface area (Å²) in [5.41, 5.74) is 4.67. The molecule has 0 saturated carbocycles. The second kappa shape index (κ2) is 9.53. The molecule has 0 bridgehead atoms. The summed E-state index contributed by atoms with van der Waals surface area (Å²) in [6, 6.07) is 25.7. The molecule has 3 aromatic carbocycles. The smallest absolute Gasteiger partial charge is 0.230 e. The van der Waals surface area contributed by atoms with E-state index in [4.69, 9.17) is 31.4 Å². The highest BCUT2D eigenvalue weighted by Crippen LogP contribution is 2.39. The summed E-state index contributed by atoms with van der Waals surface area (Å²) in [7, 11) is 1.63. The van der Waals surface area contributed by atoms with Crippen molar-refractivity contribution in [3.05, 3.63) is 89.2 Å². The molecule has 0 aliphatic carbocycles. The van der Waals surface area contributed by atoms with Crippen molar-refractivity contribution >= 4 is 34.4 Å². The Labute approximate surface area is 225 Å². The number of ether oxygens (including phenoxy) is 1. The van der Waals surface area contributed by atoms with Crippen molar-refractivity contribution in [2.45, 2.75) is 19.4 Å². The van der Waals surface area contributed by atoms with Crippen LogP contribution in [0.1, 0.15) is 24.7 Å². The lowest BCUT2D eigenvalue weighted by atomic mass is 10.1. The van der Waals surface area contributed by atoms with Gasteiger partial charge >= 0.3 is 0 Å². The highest BCUT2D eigenvalue weighted by atomic mass is 35.5. The molecule has 0 spiro atoms. The summed E-state index contributed by atoms with van der Waals surface area (Å²) in [6.45, 7) is 3.96. The molecule has 9 heteroatoms. The van der Waals surface area contributed by atoms with E-state index >= 15 is 0 Å². The quantitative estimate of drug-likeness (QED) is 0.233. The third-order valence-corrected chi connectivity index (χ3v) is 7.35. The van der Waals surface area contributed by atoms with Gasteiger partial charge in [0.2, 0.25) is 11.9 Å². The number of fused-ring (bicyclic) bond motifs is 1. The van der Waals surface area contributed by atoms with Gasteiger partial charge in [-0.1, -0.05) is 48.9 Å². The van der Waals surface area contributed by atoms with Gasteiger partial charge in [0.05, 0.1) is 24.4 Å². The molecule has 1 aromatic heterocycles. The molecule has 1 fully saturated rings. The van der Waals surface area contributed by atoms with Gasteiger partial charge in [0, 0.05) is 23.3 Å². The fourth-order valence-corrected chi connectivity index (χ4v) is 5.24. The zero-order valence-electron chi connectivity index (χ0n) is 21.0. The molecule has 2 atom stereocenters. The number of quaternary nitrogens is 1. The predicted molar refractivity (Wildman–Crippen MR) is 149 cm³/mol. The molecule has 8 nitrogen and oxygen atoms in total. The summed E-state index contributed by atoms with van der Waals surface area (Å²) < 4.78 is 6.08. The van der Waals surface area contributed by atoms with Gasteiger partial charge in [-0.2, -0.15) is 5.26 Å². The van der Waals surface area contributed by atoms with Gasteiger partial charge in [-0.3, -0.25) is 4.48 Å². The molecule has 0 amide bonds. The molecule has 0 N–H and O–H groups in total. The van der Waals surface area contributed by atoms with E-state index in [0.717, 1.165) is 47.8 Å². The molecule has 6 rings (SSSR count). The van der Waals surface area contributed by atoms with E-state index in [1.165, 1.54) is 4.79 Å². The molecule has 38 heavy (non-hydrogen) atoms. The van der Waals surface area contributed by atoms with Crippen LogP contribution in [-0.2, 0) is 0 Å². The standard InChI is InChI=1S/C29H25ClN7O/c1-3-15-37(18-22(37)17-31)21-13-11-20(12-14-21)32-27-26(24-9-4-5-10-25(24)30)34-36-29(27)33-28(35-36)19-7-6-8-23(16-19)38-2/h4-14,16,22H,3,15,18H2,1-2H3/q+1. The van der Waals surface area contributed by atoms with Crippen LogP contribution >= 0.6 is 11.6 Å². The van der Waals surface area contributed by atoms with Crippen molar-refractivity contribution in [2.75, 3.05) is 20.2 Å². The van der Waals surface area contributed by atoms with Gasteiger partial charge < -0.3 is 4.74 Å². The molecule has 1 saturated heterocycles. The van der Waals surface area contributed by atoms with Crippen LogP contribution in [0.4, 0.5) is 11.4 Å². The maximum Gasteiger partial charge on any atom is 0.230 e. The largest absolute Gasteiger partial charge is 0.497 e. The predicted octanol–water partition coefficient (Wildman–Crippen LogP) is 5.62. The van der Waals surface area contributed by atoms with Crippen molar-refractivity contribution in [1.29, 1.82) is 5.26 Å². The van der Waals surface area contributed by atoms with Crippen LogP contribution in [0.3, 0.4) is 0 Å². The monoisotopic (exact) mass is 522 g/mol. The van der Waals surface area contributed by atoms with Gasteiger partial charge in [-0.15, -0.1) is 15.0 Å². The van der Waals surface area contributed by atoms with Crippen molar-refractivity contribution in [3.8, 4) is 23.2 Å². The Morgan fingerprint density at radius 2 is 1.95 bits per heavy atom. The number of aromatic nitrogens is 3. The van der Waals surface area contributed by atoms with Crippen LogP contribution in [0.15, 0.2) is 82.9 Å². The molecule has 3 heterocycles. The van der Waals surface area contributed by atoms with Gasteiger partial charge in [0.25, 0.3) is 0 Å². The minimum Gasteiger partial charge on any atom is -0.497 e. The normalized spacial score (nSPS) is 20.6. The third kappa shape index (κ3) is 4.06. The number of nitrogens with zero attached hydrogens (tertiary/aromatic N) is 7. The van der Waals surface area contributed by atoms with E-state index in [2.05, 4.69) is 30.2 Å². The van der Waals surface area contributed by atoms with Crippen LogP contribution in [0.2, 0.25) is 5.02 Å². The topological polar surface area (TPSA) is 88.4 Å². The Morgan fingerprint density at radius 1 is 1.13 bits per heavy atom. The minimum atomic E-state index is 0.0227. The summed E-state index contributed by atoms with van der Waals surface area (Å²) >= 11 is 6.55. The zero-order valence-corrected chi connectivity index (χ0v) is 21.8. The summed E-state index contributed by atoms with van der Waals surface area (Å²) in [6.07, 6.45) is 1.02. The maximum absolute atomic E-state index is 9.51. The Kier molecular flexibility index (Phi) is 6.03. The average molecular weight is 523 g/mol. The lowest BCUT2D eigenvalue weighted by Crippen LogP contribution is -2.29. The molecule has 4 aromatic rings. The van der Waals surface area contributed by atoms with Gasteiger partial charge in [0.15, 0.2) is 12.4 Å². The Bertz CT molecular complexity index is 1630. The molecule has 0 radical (unpaired) electrons. The van der Waals surface area contributed by atoms with Gasteiger partial charge in [-0.05, 0) is 36.8 Å². The number of nitriles is 1. The highest BCUT2D eigenvalue weighted by molar-refractivity contribution is 6.56. The van der Waals surface area contributed by atoms with Crippen LogP contribution in [0, 0.1) is 11.3 Å². The minimum absolute atomic E-state index is 0.0227. The lowest BCUT2D eigenvalue weighted by Gasteiger charge is -2.17. The van der Waals surface area contributed by atoms with Gasteiger partial charge in [0.1, 0.15) is 28.9 Å². The van der Waals surface area contributed by atoms with E-state index in [-0.39, 0.29) is 6.04 Å². The first kappa shape index (κ1) is 24.0. The van der Waals surface area contributed by atoms with Crippen LogP contribution in [0.25, 0.3) is 11.4 Å². The number of rotatable bonds is 7. The van der Waals surface area contributed by atoms with Crippen molar-refractivity contribution in [3.63, 3.8) is 0 Å². The molecule has 2 aliphatic heterocycles.